The number of aromatic amines is 1. The normalized spacial score (nSPS) is 13.3. The molecule has 0 spiro atoms. The molecule has 1 aromatic heterocycles. The molecule has 2 heterocycles. The van der Waals surface area contributed by atoms with E-state index in [9.17, 15) is 19.7 Å². The number of carbonyl (C=O) groups excluding carboxylic acids is 2. The summed E-state index contributed by atoms with van der Waals surface area (Å²) in [6, 6.07) is 10.3. The minimum Gasteiger partial charge on any atom is -0.462 e. The monoisotopic (exact) mass is 433 g/mol. The number of hydrogen-bond donors (Lipinski definition) is 1. The van der Waals surface area contributed by atoms with Gasteiger partial charge in [0.15, 0.2) is 0 Å². The molecule has 0 atom stereocenters. The van der Waals surface area contributed by atoms with E-state index in [2.05, 4.69) is 4.98 Å². The van der Waals surface area contributed by atoms with Crippen LogP contribution in [0.1, 0.15) is 39.7 Å². The van der Waals surface area contributed by atoms with Crippen molar-refractivity contribution in [2.75, 3.05) is 13.2 Å². The average Bonchev–Trinajstić information content (AvgIpc) is 3.02. The number of para-hydroxylation sites is 1. The van der Waals surface area contributed by atoms with Gasteiger partial charge >= 0.3 is 5.97 Å². The number of aromatic nitrogens is 1. The van der Waals surface area contributed by atoms with Crippen LogP contribution in [-0.4, -0.2) is 39.8 Å². The number of rotatable bonds is 4. The van der Waals surface area contributed by atoms with Gasteiger partial charge in [-0.25, -0.2) is 4.79 Å². The van der Waals surface area contributed by atoms with Crippen molar-refractivity contribution < 1.29 is 19.2 Å². The fraction of sp³-hybridized carbons (Fsp3) is 0.250. The molecule has 32 heavy (non-hydrogen) atoms. The van der Waals surface area contributed by atoms with Crippen molar-refractivity contribution in [1.82, 2.24) is 9.88 Å². The van der Waals surface area contributed by atoms with Gasteiger partial charge in [0.05, 0.1) is 22.8 Å². The Morgan fingerprint density at radius 1 is 1.19 bits per heavy atom. The largest absolute Gasteiger partial charge is 0.462 e. The zero-order valence-electron chi connectivity index (χ0n) is 18.1. The number of amides is 1. The van der Waals surface area contributed by atoms with E-state index < -0.39 is 16.8 Å². The smallest absolute Gasteiger partial charge is 0.341 e. The number of benzene rings is 2. The van der Waals surface area contributed by atoms with Gasteiger partial charge in [-0.05, 0) is 44.4 Å². The van der Waals surface area contributed by atoms with Gasteiger partial charge in [-0.1, -0.05) is 24.3 Å². The standard InChI is InChI=1S/C24H23N3O5/c1-4-32-24(29)19-13-26(23(28)16-9-8-14(2)20(12-16)27(30)31)11-10-18-17-7-5-6-15(3)21(17)25-22(18)19/h5-9,12-13,25H,4,10-11H2,1-3H3. The fourth-order valence-corrected chi connectivity index (χ4v) is 4.06. The summed E-state index contributed by atoms with van der Waals surface area (Å²) in [7, 11) is 0. The molecule has 164 valence electrons. The van der Waals surface area contributed by atoms with E-state index in [0.717, 1.165) is 22.0 Å². The van der Waals surface area contributed by atoms with Crippen LogP contribution in [0.15, 0.2) is 42.6 Å². The zero-order valence-corrected chi connectivity index (χ0v) is 18.1. The molecule has 0 saturated heterocycles. The van der Waals surface area contributed by atoms with Crippen molar-refractivity contribution in [1.29, 1.82) is 0 Å². The number of nitrogens with one attached hydrogen (secondary N) is 1. The first-order valence-electron chi connectivity index (χ1n) is 10.4. The van der Waals surface area contributed by atoms with Crippen LogP contribution in [0.5, 0.6) is 0 Å². The van der Waals surface area contributed by atoms with Crippen molar-refractivity contribution in [3.8, 4) is 0 Å². The molecule has 2 aromatic carbocycles. The van der Waals surface area contributed by atoms with Crippen molar-refractivity contribution >= 4 is 34.0 Å². The van der Waals surface area contributed by atoms with Crippen LogP contribution in [0.2, 0.25) is 0 Å². The summed E-state index contributed by atoms with van der Waals surface area (Å²) in [4.78, 5) is 41.7. The molecule has 0 radical (unpaired) electrons. The number of esters is 1. The number of hydrogen-bond acceptors (Lipinski definition) is 5. The second-order valence-corrected chi connectivity index (χ2v) is 7.75. The van der Waals surface area contributed by atoms with Crippen LogP contribution < -0.4 is 0 Å². The lowest BCUT2D eigenvalue weighted by Crippen LogP contribution is -2.28. The van der Waals surface area contributed by atoms with Crippen molar-refractivity contribution in [3.63, 3.8) is 0 Å². The number of nitrogens with zero attached hydrogens (tertiary/aromatic N) is 2. The highest BCUT2D eigenvalue weighted by Crippen LogP contribution is 2.33. The lowest BCUT2D eigenvalue weighted by molar-refractivity contribution is -0.385. The molecule has 3 aromatic rings. The van der Waals surface area contributed by atoms with E-state index in [1.54, 1.807) is 26.0 Å². The quantitative estimate of drug-likeness (QED) is 0.375. The summed E-state index contributed by atoms with van der Waals surface area (Å²) >= 11 is 0. The van der Waals surface area contributed by atoms with Crippen LogP contribution in [0.3, 0.4) is 0 Å². The van der Waals surface area contributed by atoms with E-state index in [1.807, 2.05) is 25.1 Å². The maximum atomic E-state index is 13.3. The molecule has 4 rings (SSSR count). The molecule has 1 aliphatic heterocycles. The third kappa shape index (κ3) is 3.64. The van der Waals surface area contributed by atoms with Crippen molar-refractivity contribution in [2.24, 2.45) is 0 Å². The summed E-state index contributed by atoms with van der Waals surface area (Å²) in [6.45, 7) is 5.85. The van der Waals surface area contributed by atoms with Crippen molar-refractivity contribution in [2.45, 2.75) is 27.2 Å². The van der Waals surface area contributed by atoms with Gasteiger partial charge in [0, 0.05) is 40.8 Å². The molecule has 0 bridgehead atoms. The Hall–Kier alpha value is -3.94. The molecule has 1 amide bonds. The summed E-state index contributed by atoms with van der Waals surface area (Å²) in [5.41, 5.74) is 4.37. The lowest BCUT2D eigenvalue weighted by atomic mass is 10.0. The maximum Gasteiger partial charge on any atom is 0.341 e. The summed E-state index contributed by atoms with van der Waals surface area (Å²) in [5.74, 6) is -0.951. The highest BCUT2D eigenvalue weighted by Gasteiger charge is 2.28. The lowest BCUT2D eigenvalue weighted by Gasteiger charge is -2.18. The number of ether oxygens (including phenoxy) is 1. The van der Waals surface area contributed by atoms with Gasteiger partial charge in [-0.15, -0.1) is 0 Å². The number of carbonyl (C=O) groups is 2. The average molecular weight is 433 g/mol. The molecule has 0 aliphatic carbocycles. The second-order valence-electron chi connectivity index (χ2n) is 7.75. The molecule has 0 fully saturated rings. The summed E-state index contributed by atoms with van der Waals surface area (Å²) in [6.07, 6.45) is 2.00. The highest BCUT2D eigenvalue weighted by molar-refractivity contribution is 6.18. The maximum absolute atomic E-state index is 13.3. The Bertz CT molecular complexity index is 1290. The molecule has 0 saturated carbocycles. The molecular weight excluding hydrogens is 410 g/mol. The van der Waals surface area contributed by atoms with Crippen LogP contribution >= 0.6 is 0 Å². The van der Waals surface area contributed by atoms with Crippen LogP contribution in [0, 0.1) is 24.0 Å². The van der Waals surface area contributed by atoms with E-state index in [4.69, 9.17) is 4.74 Å². The third-order valence-corrected chi connectivity index (χ3v) is 5.72. The SMILES string of the molecule is CCOC(=O)C1=CN(C(=O)c2ccc(C)c([N+](=O)[O-])c2)CCc2c1[nH]c1c(C)cccc21. The van der Waals surface area contributed by atoms with Gasteiger partial charge in [0.25, 0.3) is 11.6 Å². The summed E-state index contributed by atoms with van der Waals surface area (Å²) < 4.78 is 5.27. The predicted octanol–water partition coefficient (Wildman–Crippen LogP) is 4.30. The van der Waals surface area contributed by atoms with Gasteiger partial charge in [0.1, 0.15) is 0 Å². The Morgan fingerprint density at radius 2 is 1.97 bits per heavy atom. The first kappa shape index (κ1) is 21.3. The van der Waals surface area contributed by atoms with E-state index in [0.29, 0.717) is 24.2 Å². The predicted molar refractivity (Wildman–Crippen MR) is 120 cm³/mol. The fourth-order valence-electron chi connectivity index (χ4n) is 4.06. The van der Waals surface area contributed by atoms with E-state index in [1.165, 1.54) is 17.2 Å². The van der Waals surface area contributed by atoms with Gasteiger partial charge < -0.3 is 14.6 Å². The molecular formula is C24H23N3O5. The van der Waals surface area contributed by atoms with E-state index in [-0.39, 0.29) is 23.4 Å². The van der Waals surface area contributed by atoms with Gasteiger partial charge in [-0.2, -0.15) is 0 Å². The van der Waals surface area contributed by atoms with Crippen LogP contribution in [0.4, 0.5) is 5.69 Å². The Kier molecular flexibility index (Phi) is 5.52. The number of fused-ring (bicyclic) bond motifs is 3. The van der Waals surface area contributed by atoms with Crippen molar-refractivity contribution in [3.05, 3.63) is 80.7 Å². The molecule has 1 N–H and O–H groups in total. The summed E-state index contributed by atoms with van der Waals surface area (Å²) in [5, 5.41) is 12.3. The van der Waals surface area contributed by atoms with Crippen LogP contribution in [-0.2, 0) is 16.0 Å². The number of nitro groups is 1. The number of H-pyrrole nitrogens is 1. The van der Waals surface area contributed by atoms with Gasteiger partial charge in [0.2, 0.25) is 0 Å². The minimum atomic E-state index is -0.535. The first-order chi connectivity index (χ1) is 15.3. The number of nitro benzene ring substituents is 1. The third-order valence-electron chi connectivity index (χ3n) is 5.72. The second kappa shape index (κ2) is 8.30. The molecule has 1 aliphatic rings. The Labute approximate surface area is 184 Å². The molecule has 8 nitrogen and oxygen atoms in total. The van der Waals surface area contributed by atoms with Gasteiger partial charge in [-0.3, -0.25) is 14.9 Å². The van der Waals surface area contributed by atoms with Crippen LogP contribution in [0.25, 0.3) is 16.5 Å². The molecule has 0 unspecified atom stereocenters. The highest BCUT2D eigenvalue weighted by atomic mass is 16.6. The van der Waals surface area contributed by atoms with E-state index >= 15 is 0 Å². The zero-order chi connectivity index (χ0) is 23.0. The Balaban J connectivity index is 1.81. The minimum absolute atomic E-state index is 0.119. The Morgan fingerprint density at radius 3 is 2.69 bits per heavy atom. The first-order valence-corrected chi connectivity index (χ1v) is 10.4. The molecule has 8 heteroatoms. The number of aryl methyl sites for hydroxylation is 2. The topological polar surface area (TPSA) is 106 Å².